The second-order valence-corrected chi connectivity index (χ2v) is 6.43. The highest BCUT2D eigenvalue weighted by molar-refractivity contribution is 5.88. The molecule has 24 heavy (non-hydrogen) atoms. The summed E-state index contributed by atoms with van der Waals surface area (Å²) < 4.78 is 0. The number of fused-ring (bicyclic) bond motifs is 1. The summed E-state index contributed by atoms with van der Waals surface area (Å²) in [6.07, 6.45) is 7.28. The Balaban J connectivity index is 1.62. The van der Waals surface area contributed by atoms with E-state index in [0.717, 1.165) is 42.7 Å². The Labute approximate surface area is 141 Å². The number of nitrogens with zero attached hydrogens (tertiary/aromatic N) is 4. The summed E-state index contributed by atoms with van der Waals surface area (Å²) in [5, 5.41) is 1.06. The summed E-state index contributed by atoms with van der Waals surface area (Å²) in [5.41, 5.74) is 8.50. The molecule has 2 N–H and O–H groups in total. The summed E-state index contributed by atoms with van der Waals surface area (Å²) in [5.74, 6) is 1.00. The van der Waals surface area contributed by atoms with E-state index in [1.165, 1.54) is 5.56 Å². The van der Waals surface area contributed by atoms with Crippen molar-refractivity contribution >= 4 is 16.7 Å². The van der Waals surface area contributed by atoms with Gasteiger partial charge in [-0.15, -0.1) is 0 Å². The lowest BCUT2D eigenvalue weighted by molar-refractivity contribution is 0.339. The molecule has 0 spiro atoms. The molecule has 0 atom stereocenters. The van der Waals surface area contributed by atoms with Crippen LogP contribution in [0, 0.1) is 0 Å². The van der Waals surface area contributed by atoms with E-state index in [1.807, 2.05) is 6.07 Å². The molecule has 5 nitrogen and oxygen atoms in total. The molecule has 0 saturated carbocycles. The van der Waals surface area contributed by atoms with Gasteiger partial charge in [0.25, 0.3) is 0 Å². The topological polar surface area (TPSA) is 67.9 Å². The highest BCUT2D eigenvalue weighted by atomic mass is 15.2. The van der Waals surface area contributed by atoms with E-state index in [4.69, 9.17) is 5.73 Å². The molecular formula is C19H21N5. The van der Waals surface area contributed by atoms with Crippen molar-refractivity contribution in [1.29, 1.82) is 0 Å². The molecule has 0 aliphatic carbocycles. The Hall–Kier alpha value is -2.53. The molecule has 1 fully saturated rings. The number of hydrogen-bond acceptors (Lipinski definition) is 5. The molecular weight excluding hydrogens is 298 g/mol. The molecule has 1 aliphatic heterocycles. The summed E-state index contributed by atoms with van der Waals surface area (Å²) in [6.45, 7) is 2.57. The Kier molecular flexibility index (Phi) is 3.86. The molecule has 1 aliphatic rings. The predicted octanol–water partition coefficient (Wildman–Crippen LogP) is 2.52. The molecule has 4 rings (SSSR count). The zero-order valence-electron chi connectivity index (χ0n) is 13.6. The van der Waals surface area contributed by atoms with Crippen LogP contribution in [0.2, 0.25) is 0 Å². The van der Waals surface area contributed by atoms with Crippen molar-refractivity contribution in [2.75, 3.05) is 24.5 Å². The molecule has 1 aromatic carbocycles. The molecule has 3 aromatic rings. The number of hydrogen-bond donors (Lipinski definition) is 1. The van der Waals surface area contributed by atoms with Gasteiger partial charge >= 0.3 is 0 Å². The quantitative estimate of drug-likeness (QED) is 0.803. The van der Waals surface area contributed by atoms with E-state index in [9.17, 15) is 0 Å². The van der Waals surface area contributed by atoms with E-state index in [-0.39, 0.29) is 5.41 Å². The first-order valence-corrected chi connectivity index (χ1v) is 8.38. The highest BCUT2D eigenvalue weighted by Gasteiger charge is 2.35. The number of benzene rings is 1. The number of rotatable bonds is 3. The van der Waals surface area contributed by atoms with Gasteiger partial charge < -0.3 is 10.6 Å². The molecule has 0 amide bonds. The van der Waals surface area contributed by atoms with Crippen LogP contribution in [-0.4, -0.2) is 34.6 Å². The van der Waals surface area contributed by atoms with Gasteiger partial charge in [0.05, 0.1) is 11.7 Å². The van der Waals surface area contributed by atoms with Gasteiger partial charge in [-0.05, 0) is 24.5 Å². The van der Waals surface area contributed by atoms with E-state index >= 15 is 0 Å². The molecule has 0 unspecified atom stereocenters. The van der Waals surface area contributed by atoms with E-state index in [2.05, 4.69) is 50.2 Å². The average molecular weight is 319 g/mol. The minimum absolute atomic E-state index is 0.0716. The molecule has 5 heteroatoms. The molecule has 2 aromatic heterocycles. The minimum Gasteiger partial charge on any atom is -0.356 e. The predicted molar refractivity (Wildman–Crippen MR) is 96.0 cm³/mol. The lowest BCUT2D eigenvalue weighted by Crippen LogP contribution is -2.47. The van der Waals surface area contributed by atoms with Crippen molar-refractivity contribution in [2.24, 2.45) is 5.73 Å². The summed E-state index contributed by atoms with van der Waals surface area (Å²) in [7, 11) is 0. The van der Waals surface area contributed by atoms with Crippen LogP contribution in [0.1, 0.15) is 18.4 Å². The first-order chi connectivity index (χ1) is 11.8. The molecule has 3 heterocycles. The number of nitrogens with two attached hydrogens (primary N) is 1. The maximum Gasteiger partial charge on any atom is 0.139 e. The van der Waals surface area contributed by atoms with Gasteiger partial charge in [-0.2, -0.15) is 0 Å². The van der Waals surface area contributed by atoms with Crippen molar-refractivity contribution in [3.63, 3.8) is 0 Å². The average Bonchev–Trinajstić information content (AvgIpc) is 2.68. The Morgan fingerprint density at radius 1 is 1.04 bits per heavy atom. The largest absolute Gasteiger partial charge is 0.356 e. The Morgan fingerprint density at radius 2 is 1.83 bits per heavy atom. The zero-order chi connectivity index (χ0) is 16.4. The van der Waals surface area contributed by atoms with Crippen LogP contribution >= 0.6 is 0 Å². The van der Waals surface area contributed by atoms with Crippen LogP contribution in [0.25, 0.3) is 10.9 Å². The van der Waals surface area contributed by atoms with E-state index in [1.54, 1.807) is 18.7 Å². The first-order valence-electron chi connectivity index (χ1n) is 8.38. The fourth-order valence-electron chi connectivity index (χ4n) is 3.69. The first kappa shape index (κ1) is 15.0. The third-order valence-electron chi connectivity index (χ3n) is 5.21. The normalized spacial score (nSPS) is 17.1. The molecule has 0 bridgehead atoms. The van der Waals surface area contributed by atoms with Crippen LogP contribution in [-0.2, 0) is 5.41 Å². The lowest BCUT2D eigenvalue weighted by Gasteiger charge is -2.42. The van der Waals surface area contributed by atoms with E-state index in [0.29, 0.717) is 6.54 Å². The number of piperidine rings is 1. The van der Waals surface area contributed by atoms with Crippen molar-refractivity contribution in [3.05, 3.63) is 60.7 Å². The third kappa shape index (κ3) is 2.51. The van der Waals surface area contributed by atoms with Crippen molar-refractivity contribution < 1.29 is 0 Å². The van der Waals surface area contributed by atoms with Gasteiger partial charge in [-0.3, -0.25) is 4.98 Å². The number of pyridine rings is 1. The summed E-state index contributed by atoms with van der Waals surface area (Å²) in [4.78, 5) is 15.3. The minimum atomic E-state index is 0.0716. The van der Waals surface area contributed by atoms with Crippen molar-refractivity contribution in [2.45, 2.75) is 18.3 Å². The van der Waals surface area contributed by atoms with Gasteiger partial charge in [0.15, 0.2) is 0 Å². The van der Waals surface area contributed by atoms with Crippen LogP contribution < -0.4 is 10.6 Å². The second-order valence-electron chi connectivity index (χ2n) is 6.43. The SMILES string of the molecule is NCC1(c2ccccc2)CCN(c2ncnc3cnccc23)CC1. The second kappa shape index (κ2) is 6.17. The lowest BCUT2D eigenvalue weighted by atomic mass is 9.73. The molecule has 1 saturated heterocycles. The van der Waals surface area contributed by atoms with Crippen LogP contribution in [0.5, 0.6) is 0 Å². The molecule has 0 radical (unpaired) electrons. The smallest absolute Gasteiger partial charge is 0.139 e. The van der Waals surface area contributed by atoms with Gasteiger partial charge in [-0.25, -0.2) is 9.97 Å². The zero-order valence-corrected chi connectivity index (χ0v) is 13.6. The van der Waals surface area contributed by atoms with Gasteiger partial charge in [0, 0.05) is 36.6 Å². The van der Waals surface area contributed by atoms with Crippen LogP contribution in [0.15, 0.2) is 55.1 Å². The molecule has 122 valence electrons. The number of anilines is 1. The summed E-state index contributed by atoms with van der Waals surface area (Å²) >= 11 is 0. The fourth-order valence-corrected chi connectivity index (χ4v) is 3.69. The monoisotopic (exact) mass is 319 g/mol. The van der Waals surface area contributed by atoms with Gasteiger partial charge in [-0.1, -0.05) is 30.3 Å². The summed E-state index contributed by atoms with van der Waals surface area (Å²) in [6, 6.07) is 12.7. The van der Waals surface area contributed by atoms with Crippen molar-refractivity contribution in [3.8, 4) is 0 Å². The number of aromatic nitrogens is 3. The van der Waals surface area contributed by atoms with Crippen molar-refractivity contribution in [1.82, 2.24) is 15.0 Å². The fraction of sp³-hybridized carbons (Fsp3) is 0.316. The standard InChI is InChI=1S/C19H21N5/c20-13-19(15-4-2-1-3-5-15)7-10-24(11-8-19)18-16-6-9-21-12-17(16)22-14-23-18/h1-6,9,12,14H,7-8,10-11,13,20H2. The maximum atomic E-state index is 6.19. The van der Waals surface area contributed by atoms with Crippen LogP contribution in [0.3, 0.4) is 0 Å². The van der Waals surface area contributed by atoms with Gasteiger partial charge in [0.1, 0.15) is 12.1 Å². The van der Waals surface area contributed by atoms with E-state index < -0.39 is 0 Å². The van der Waals surface area contributed by atoms with Crippen LogP contribution in [0.4, 0.5) is 5.82 Å². The Morgan fingerprint density at radius 3 is 2.58 bits per heavy atom. The third-order valence-corrected chi connectivity index (χ3v) is 5.21. The highest BCUT2D eigenvalue weighted by Crippen LogP contribution is 2.36. The maximum absolute atomic E-state index is 6.19. The van der Waals surface area contributed by atoms with Gasteiger partial charge in [0.2, 0.25) is 0 Å². The Bertz CT molecular complexity index is 820.